The van der Waals surface area contributed by atoms with Crippen molar-refractivity contribution in [1.29, 1.82) is 0 Å². The number of aryl methyl sites for hydroxylation is 1. The first-order valence-corrected chi connectivity index (χ1v) is 7.65. The molecule has 3 aromatic rings. The highest BCUT2D eigenvalue weighted by Gasteiger charge is 2.21. The molecule has 2 aromatic heterocycles. The van der Waals surface area contributed by atoms with Crippen molar-refractivity contribution < 1.29 is 9.32 Å². The van der Waals surface area contributed by atoms with Gasteiger partial charge in [0.05, 0.1) is 5.69 Å². The van der Waals surface area contributed by atoms with Crippen molar-refractivity contribution in [3.8, 4) is 0 Å². The smallest absolute Gasteiger partial charge is 0.247 e. The van der Waals surface area contributed by atoms with E-state index in [0.29, 0.717) is 18.1 Å². The van der Waals surface area contributed by atoms with Gasteiger partial charge in [-0.15, -0.1) is 0 Å². The molecule has 3 rings (SSSR count). The zero-order valence-electron chi connectivity index (χ0n) is 13.3. The van der Waals surface area contributed by atoms with E-state index in [2.05, 4.69) is 20.8 Å². The van der Waals surface area contributed by atoms with Crippen LogP contribution in [0.3, 0.4) is 0 Å². The number of anilines is 1. The highest BCUT2D eigenvalue weighted by atomic mass is 16.5. The summed E-state index contributed by atoms with van der Waals surface area (Å²) in [5.74, 6) is 0.839. The predicted molar refractivity (Wildman–Crippen MR) is 90.1 cm³/mol. The van der Waals surface area contributed by atoms with Crippen LogP contribution in [0.5, 0.6) is 0 Å². The molecule has 0 radical (unpaired) electrons. The van der Waals surface area contributed by atoms with Crippen LogP contribution in [-0.2, 0) is 11.3 Å². The van der Waals surface area contributed by atoms with Crippen LogP contribution >= 0.6 is 0 Å². The molecule has 0 aliphatic rings. The first-order valence-electron chi connectivity index (χ1n) is 7.65. The molecule has 122 valence electrons. The molecule has 1 atom stereocenters. The second-order valence-electron chi connectivity index (χ2n) is 5.36. The quantitative estimate of drug-likeness (QED) is 0.729. The lowest BCUT2D eigenvalue weighted by Crippen LogP contribution is -2.33. The van der Waals surface area contributed by atoms with Gasteiger partial charge in [-0.25, -0.2) is 0 Å². The summed E-state index contributed by atoms with van der Waals surface area (Å²) in [6, 6.07) is 16.4. The fraction of sp³-hybridized carbons (Fsp3) is 0.167. The second kappa shape index (κ2) is 7.52. The molecule has 6 heteroatoms. The summed E-state index contributed by atoms with van der Waals surface area (Å²) in [6.07, 6.45) is 1.73. The molecule has 0 bridgehead atoms. The molecule has 2 N–H and O–H groups in total. The number of pyridine rings is 1. The zero-order valence-corrected chi connectivity index (χ0v) is 13.3. The van der Waals surface area contributed by atoms with Crippen LogP contribution in [0.25, 0.3) is 0 Å². The van der Waals surface area contributed by atoms with E-state index >= 15 is 0 Å². The van der Waals surface area contributed by atoms with Crippen LogP contribution in [0.15, 0.2) is 65.3 Å². The first kappa shape index (κ1) is 15.9. The molecule has 0 saturated heterocycles. The van der Waals surface area contributed by atoms with Gasteiger partial charge in [-0.1, -0.05) is 41.6 Å². The van der Waals surface area contributed by atoms with Crippen molar-refractivity contribution in [3.05, 3.63) is 77.8 Å². The Morgan fingerprint density at radius 3 is 2.62 bits per heavy atom. The van der Waals surface area contributed by atoms with E-state index in [1.54, 1.807) is 19.2 Å². The monoisotopic (exact) mass is 322 g/mol. The number of aromatic nitrogens is 2. The molecule has 0 saturated carbocycles. The van der Waals surface area contributed by atoms with Crippen LogP contribution in [0.2, 0.25) is 0 Å². The fourth-order valence-corrected chi connectivity index (χ4v) is 2.34. The van der Waals surface area contributed by atoms with E-state index in [0.717, 1.165) is 11.3 Å². The highest BCUT2D eigenvalue weighted by Crippen LogP contribution is 2.16. The maximum absolute atomic E-state index is 12.7. The fourth-order valence-electron chi connectivity index (χ4n) is 2.34. The van der Waals surface area contributed by atoms with Crippen molar-refractivity contribution in [1.82, 2.24) is 15.5 Å². The maximum atomic E-state index is 12.7. The number of benzene rings is 1. The summed E-state index contributed by atoms with van der Waals surface area (Å²) >= 11 is 0. The molecule has 1 amide bonds. The number of carbonyl (C=O) groups excluding carboxylic acids is 1. The normalized spacial score (nSPS) is 11.9. The SMILES string of the molecule is Cc1cc(NC(=O)[C@H](NCc2ccccn2)c2ccccc2)no1. The van der Waals surface area contributed by atoms with E-state index in [1.165, 1.54) is 0 Å². The van der Waals surface area contributed by atoms with Gasteiger partial charge in [-0.3, -0.25) is 15.1 Å². The number of hydrogen-bond donors (Lipinski definition) is 2. The summed E-state index contributed by atoms with van der Waals surface area (Å²) in [6.45, 7) is 2.25. The average Bonchev–Trinajstić information content (AvgIpc) is 3.02. The molecule has 0 aliphatic heterocycles. The molecule has 0 unspecified atom stereocenters. The minimum absolute atomic E-state index is 0.203. The van der Waals surface area contributed by atoms with Gasteiger partial charge in [0.2, 0.25) is 5.91 Å². The van der Waals surface area contributed by atoms with Crippen LogP contribution in [0.1, 0.15) is 23.1 Å². The Bertz CT molecular complexity index is 787. The minimum Gasteiger partial charge on any atom is -0.360 e. The van der Waals surface area contributed by atoms with Crippen LogP contribution < -0.4 is 10.6 Å². The summed E-state index contributed by atoms with van der Waals surface area (Å²) in [5, 5.41) is 9.82. The van der Waals surface area contributed by atoms with E-state index in [-0.39, 0.29) is 5.91 Å². The molecule has 0 spiro atoms. The van der Waals surface area contributed by atoms with Gasteiger partial charge in [0.25, 0.3) is 0 Å². The van der Waals surface area contributed by atoms with Crippen LogP contribution in [-0.4, -0.2) is 16.0 Å². The lowest BCUT2D eigenvalue weighted by Gasteiger charge is -2.18. The van der Waals surface area contributed by atoms with Gasteiger partial charge in [0.1, 0.15) is 11.8 Å². The average molecular weight is 322 g/mol. The Morgan fingerprint density at radius 1 is 1.17 bits per heavy atom. The minimum atomic E-state index is -0.523. The summed E-state index contributed by atoms with van der Waals surface area (Å²) < 4.78 is 4.98. The Labute approximate surface area is 139 Å². The zero-order chi connectivity index (χ0) is 16.8. The van der Waals surface area contributed by atoms with Crippen LogP contribution in [0, 0.1) is 6.92 Å². The molecule has 0 fully saturated rings. The number of nitrogens with zero attached hydrogens (tertiary/aromatic N) is 2. The van der Waals surface area contributed by atoms with E-state index < -0.39 is 6.04 Å². The summed E-state index contributed by atoms with van der Waals surface area (Å²) in [4.78, 5) is 16.9. The number of hydrogen-bond acceptors (Lipinski definition) is 5. The molecule has 6 nitrogen and oxygen atoms in total. The third-order valence-corrected chi connectivity index (χ3v) is 3.49. The van der Waals surface area contributed by atoms with E-state index in [1.807, 2.05) is 48.5 Å². The van der Waals surface area contributed by atoms with E-state index in [9.17, 15) is 4.79 Å². The highest BCUT2D eigenvalue weighted by molar-refractivity contribution is 5.94. The van der Waals surface area contributed by atoms with Gasteiger partial charge in [0.15, 0.2) is 5.82 Å². The number of rotatable bonds is 6. The Hall–Kier alpha value is -2.99. The van der Waals surface area contributed by atoms with E-state index in [4.69, 9.17) is 4.52 Å². The van der Waals surface area contributed by atoms with Crippen molar-refractivity contribution >= 4 is 11.7 Å². The van der Waals surface area contributed by atoms with Crippen molar-refractivity contribution in [2.24, 2.45) is 0 Å². The number of nitrogens with one attached hydrogen (secondary N) is 2. The third-order valence-electron chi connectivity index (χ3n) is 3.49. The standard InChI is InChI=1S/C18H18N4O2/c1-13-11-16(22-24-13)21-18(23)17(14-7-3-2-4-8-14)20-12-15-9-5-6-10-19-15/h2-11,17,20H,12H2,1H3,(H,21,22,23)/t17-/m1/s1. The van der Waals surface area contributed by atoms with Crippen LogP contribution in [0.4, 0.5) is 5.82 Å². The van der Waals surface area contributed by atoms with Crippen molar-refractivity contribution in [3.63, 3.8) is 0 Å². The van der Waals surface area contributed by atoms with Crippen molar-refractivity contribution in [2.45, 2.75) is 19.5 Å². The molecule has 24 heavy (non-hydrogen) atoms. The van der Waals surface area contributed by atoms with Gasteiger partial charge in [-0.05, 0) is 24.6 Å². The molecule has 0 aliphatic carbocycles. The Morgan fingerprint density at radius 2 is 1.96 bits per heavy atom. The lowest BCUT2D eigenvalue weighted by molar-refractivity contribution is -0.118. The number of carbonyl (C=O) groups is 1. The topological polar surface area (TPSA) is 80.0 Å². The Balaban J connectivity index is 1.75. The summed E-state index contributed by atoms with van der Waals surface area (Å²) in [7, 11) is 0. The predicted octanol–water partition coefficient (Wildman–Crippen LogP) is 2.85. The first-order chi connectivity index (χ1) is 11.7. The molecular weight excluding hydrogens is 304 g/mol. The number of amides is 1. The van der Waals surface area contributed by atoms with Gasteiger partial charge >= 0.3 is 0 Å². The lowest BCUT2D eigenvalue weighted by atomic mass is 10.1. The van der Waals surface area contributed by atoms with Gasteiger partial charge in [-0.2, -0.15) is 0 Å². The molecule has 2 heterocycles. The third kappa shape index (κ3) is 4.05. The second-order valence-corrected chi connectivity index (χ2v) is 5.36. The maximum Gasteiger partial charge on any atom is 0.247 e. The van der Waals surface area contributed by atoms with Gasteiger partial charge in [0, 0.05) is 18.8 Å². The molecule has 1 aromatic carbocycles. The molecular formula is C18H18N4O2. The van der Waals surface area contributed by atoms with Crippen molar-refractivity contribution in [2.75, 3.05) is 5.32 Å². The van der Waals surface area contributed by atoms with Gasteiger partial charge < -0.3 is 9.84 Å². The summed E-state index contributed by atoms with van der Waals surface area (Å²) in [5.41, 5.74) is 1.73. The largest absolute Gasteiger partial charge is 0.360 e. The Kier molecular flexibility index (Phi) is 4.98.